The SMILES string of the molecule is Cn1c[n+](C)cc1CCCN. The Labute approximate surface area is 67.4 Å². The summed E-state index contributed by atoms with van der Waals surface area (Å²) in [5.74, 6) is 0. The zero-order valence-corrected chi connectivity index (χ0v) is 7.25. The molecule has 0 radical (unpaired) electrons. The molecule has 1 aromatic heterocycles. The third kappa shape index (κ3) is 2.05. The molecule has 62 valence electrons. The van der Waals surface area contributed by atoms with Gasteiger partial charge in [0.1, 0.15) is 11.9 Å². The molecule has 0 aliphatic rings. The van der Waals surface area contributed by atoms with Crippen molar-refractivity contribution in [2.75, 3.05) is 6.54 Å². The average Bonchev–Trinajstić information content (AvgIpc) is 2.26. The number of nitrogens with two attached hydrogens (primary N) is 1. The fraction of sp³-hybridized carbons (Fsp3) is 0.625. The Kier molecular flexibility index (Phi) is 2.65. The van der Waals surface area contributed by atoms with Crippen LogP contribution in [-0.2, 0) is 20.5 Å². The first-order valence-electron chi connectivity index (χ1n) is 3.94. The van der Waals surface area contributed by atoms with Gasteiger partial charge in [0.25, 0.3) is 0 Å². The number of aromatic nitrogens is 2. The summed E-state index contributed by atoms with van der Waals surface area (Å²) in [5.41, 5.74) is 6.76. The monoisotopic (exact) mass is 154 g/mol. The van der Waals surface area contributed by atoms with Crippen LogP contribution in [0.5, 0.6) is 0 Å². The lowest BCUT2D eigenvalue weighted by Gasteiger charge is -1.92. The van der Waals surface area contributed by atoms with E-state index in [1.165, 1.54) is 5.69 Å². The Morgan fingerprint density at radius 1 is 1.64 bits per heavy atom. The van der Waals surface area contributed by atoms with E-state index in [2.05, 4.69) is 28.7 Å². The maximum atomic E-state index is 5.42. The zero-order chi connectivity index (χ0) is 8.27. The van der Waals surface area contributed by atoms with Gasteiger partial charge in [-0.3, -0.25) is 0 Å². The molecule has 0 saturated carbocycles. The van der Waals surface area contributed by atoms with Gasteiger partial charge in [-0.05, 0) is 13.0 Å². The maximum Gasteiger partial charge on any atom is 0.243 e. The largest absolute Gasteiger partial charge is 0.330 e. The van der Waals surface area contributed by atoms with Crippen molar-refractivity contribution < 1.29 is 4.57 Å². The van der Waals surface area contributed by atoms with E-state index in [1.807, 2.05) is 7.05 Å². The Balaban J connectivity index is 2.62. The lowest BCUT2D eigenvalue weighted by atomic mass is 10.2. The highest BCUT2D eigenvalue weighted by Crippen LogP contribution is 1.97. The van der Waals surface area contributed by atoms with Gasteiger partial charge in [-0.1, -0.05) is 0 Å². The molecule has 2 N–H and O–H groups in total. The maximum absolute atomic E-state index is 5.42. The second-order valence-electron chi connectivity index (χ2n) is 2.90. The highest BCUT2D eigenvalue weighted by atomic mass is 15.1. The molecule has 0 bridgehead atoms. The second-order valence-corrected chi connectivity index (χ2v) is 2.90. The van der Waals surface area contributed by atoms with Gasteiger partial charge < -0.3 is 5.73 Å². The zero-order valence-electron chi connectivity index (χ0n) is 7.25. The Bertz CT molecular complexity index is 227. The van der Waals surface area contributed by atoms with Crippen LogP contribution in [0, 0.1) is 0 Å². The molecule has 1 rings (SSSR count). The van der Waals surface area contributed by atoms with Crippen molar-refractivity contribution in [1.82, 2.24) is 4.57 Å². The quantitative estimate of drug-likeness (QED) is 0.598. The van der Waals surface area contributed by atoms with Crippen LogP contribution in [0.1, 0.15) is 12.1 Å². The summed E-state index contributed by atoms with van der Waals surface area (Å²) in [4.78, 5) is 0. The van der Waals surface area contributed by atoms with Gasteiger partial charge in [-0.25, -0.2) is 9.13 Å². The van der Waals surface area contributed by atoms with Crippen molar-refractivity contribution >= 4 is 0 Å². The minimum absolute atomic E-state index is 0.773. The standard InChI is InChI=1S/C8H16N3/c1-10-6-8(4-3-5-9)11(2)7-10/h6-7H,3-5,9H2,1-2H3/q+1. The molecule has 3 heteroatoms. The van der Waals surface area contributed by atoms with Crippen LogP contribution in [0.3, 0.4) is 0 Å². The third-order valence-corrected chi connectivity index (χ3v) is 1.80. The van der Waals surface area contributed by atoms with E-state index in [0.29, 0.717) is 0 Å². The van der Waals surface area contributed by atoms with Crippen molar-refractivity contribution in [3.8, 4) is 0 Å². The van der Waals surface area contributed by atoms with E-state index >= 15 is 0 Å². The number of aryl methyl sites for hydroxylation is 3. The van der Waals surface area contributed by atoms with Crippen LogP contribution in [0.25, 0.3) is 0 Å². The summed E-state index contributed by atoms with van der Waals surface area (Å²) in [5, 5.41) is 0. The smallest absolute Gasteiger partial charge is 0.243 e. The minimum Gasteiger partial charge on any atom is -0.330 e. The summed E-state index contributed by atoms with van der Waals surface area (Å²) in [6, 6.07) is 0. The van der Waals surface area contributed by atoms with Crippen LogP contribution in [0.15, 0.2) is 12.5 Å². The molecule has 1 heterocycles. The number of hydrogen-bond acceptors (Lipinski definition) is 1. The molecular formula is C8H16N3+. The first-order valence-corrected chi connectivity index (χ1v) is 3.94. The Morgan fingerprint density at radius 3 is 2.82 bits per heavy atom. The van der Waals surface area contributed by atoms with E-state index in [4.69, 9.17) is 5.73 Å². The lowest BCUT2D eigenvalue weighted by Crippen LogP contribution is -2.23. The van der Waals surface area contributed by atoms with Gasteiger partial charge in [0.15, 0.2) is 0 Å². The molecule has 0 unspecified atom stereocenters. The molecule has 0 aromatic carbocycles. The van der Waals surface area contributed by atoms with Crippen LogP contribution >= 0.6 is 0 Å². The van der Waals surface area contributed by atoms with Gasteiger partial charge >= 0.3 is 0 Å². The fourth-order valence-electron chi connectivity index (χ4n) is 1.23. The summed E-state index contributed by atoms with van der Waals surface area (Å²) >= 11 is 0. The van der Waals surface area contributed by atoms with Crippen molar-refractivity contribution in [3.63, 3.8) is 0 Å². The number of nitrogens with zero attached hydrogens (tertiary/aromatic N) is 2. The molecule has 0 amide bonds. The predicted octanol–water partition coefficient (Wildman–Crippen LogP) is -0.259. The van der Waals surface area contributed by atoms with Crippen LogP contribution in [-0.4, -0.2) is 11.1 Å². The topological polar surface area (TPSA) is 34.8 Å². The van der Waals surface area contributed by atoms with Crippen molar-refractivity contribution in [2.45, 2.75) is 12.8 Å². The third-order valence-electron chi connectivity index (χ3n) is 1.80. The normalized spacial score (nSPS) is 10.5. The number of rotatable bonds is 3. The lowest BCUT2D eigenvalue weighted by molar-refractivity contribution is -0.671. The second kappa shape index (κ2) is 3.53. The molecule has 3 nitrogen and oxygen atoms in total. The summed E-state index contributed by atoms with van der Waals surface area (Å²) < 4.78 is 4.20. The average molecular weight is 154 g/mol. The molecule has 11 heavy (non-hydrogen) atoms. The van der Waals surface area contributed by atoms with Gasteiger partial charge in [0, 0.05) is 6.42 Å². The van der Waals surface area contributed by atoms with Crippen molar-refractivity contribution in [3.05, 3.63) is 18.2 Å². The molecular weight excluding hydrogens is 138 g/mol. The molecule has 1 aromatic rings. The Morgan fingerprint density at radius 2 is 2.36 bits per heavy atom. The van der Waals surface area contributed by atoms with Gasteiger partial charge in [-0.2, -0.15) is 0 Å². The highest BCUT2D eigenvalue weighted by molar-refractivity contribution is 4.92. The summed E-state index contributed by atoms with van der Waals surface area (Å²) in [6.07, 6.45) is 6.34. The van der Waals surface area contributed by atoms with Crippen molar-refractivity contribution in [1.29, 1.82) is 0 Å². The van der Waals surface area contributed by atoms with E-state index in [9.17, 15) is 0 Å². The summed E-state index contributed by atoms with van der Waals surface area (Å²) in [7, 11) is 4.10. The summed E-state index contributed by atoms with van der Waals surface area (Å²) in [6.45, 7) is 0.773. The van der Waals surface area contributed by atoms with Crippen LogP contribution in [0.4, 0.5) is 0 Å². The van der Waals surface area contributed by atoms with E-state index < -0.39 is 0 Å². The highest BCUT2D eigenvalue weighted by Gasteiger charge is 2.05. The first-order chi connectivity index (χ1) is 5.24. The van der Waals surface area contributed by atoms with Gasteiger partial charge in [0.05, 0.1) is 14.1 Å². The van der Waals surface area contributed by atoms with Crippen molar-refractivity contribution in [2.24, 2.45) is 19.8 Å². The minimum atomic E-state index is 0.773. The first kappa shape index (κ1) is 8.27. The molecule has 0 aliphatic carbocycles. The van der Waals surface area contributed by atoms with E-state index in [-0.39, 0.29) is 0 Å². The van der Waals surface area contributed by atoms with Crippen LogP contribution in [0.2, 0.25) is 0 Å². The number of imidazole rings is 1. The van der Waals surface area contributed by atoms with Gasteiger partial charge in [0.2, 0.25) is 6.33 Å². The molecule has 0 fully saturated rings. The Hall–Kier alpha value is -0.830. The van der Waals surface area contributed by atoms with E-state index in [1.54, 1.807) is 0 Å². The van der Waals surface area contributed by atoms with E-state index in [0.717, 1.165) is 19.4 Å². The van der Waals surface area contributed by atoms with Crippen LogP contribution < -0.4 is 10.3 Å². The molecule has 0 spiro atoms. The molecule has 0 aliphatic heterocycles. The van der Waals surface area contributed by atoms with Gasteiger partial charge in [-0.15, -0.1) is 0 Å². The fourth-order valence-corrected chi connectivity index (χ4v) is 1.23. The molecule has 0 atom stereocenters. The number of hydrogen-bond donors (Lipinski definition) is 1. The predicted molar refractivity (Wildman–Crippen MR) is 44.0 cm³/mol. The molecule has 0 saturated heterocycles.